The van der Waals surface area contributed by atoms with Gasteiger partial charge in [-0.3, -0.25) is 0 Å². The van der Waals surface area contributed by atoms with E-state index < -0.39 is 0 Å². The van der Waals surface area contributed by atoms with Crippen LogP contribution in [0.5, 0.6) is 5.75 Å². The fourth-order valence-corrected chi connectivity index (χ4v) is 1.31. The normalized spacial score (nSPS) is 12.2. The lowest BCUT2D eigenvalue weighted by atomic mass is 9.97. The van der Waals surface area contributed by atoms with Gasteiger partial charge in [-0.15, -0.1) is 0 Å². The van der Waals surface area contributed by atoms with Crippen LogP contribution in [0.4, 0.5) is 0 Å². The van der Waals surface area contributed by atoms with Crippen LogP contribution in [0.2, 0.25) is 0 Å². The van der Waals surface area contributed by atoms with Gasteiger partial charge in [-0.05, 0) is 37.5 Å². The van der Waals surface area contributed by atoms with Gasteiger partial charge in [0.1, 0.15) is 5.75 Å². The van der Waals surface area contributed by atoms with Crippen molar-refractivity contribution in [1.29, 1.82) is 5.26 Å². The van der Waals surface area contributed by atoms with Gasteiger partial charge in [0.25, 0.3) is 0 Å². The topological polar surface area (TPSA) is 44.0 Å². The van der Waals surface area contributed by atoms with Crippen molar-refractivity contribution in [3.63, 3.8) is 0 Å². The first-order valence-corrected chi connectivity index (χ1v) is 4.26. The molecule has 0 saturated carbocycles. The Hall–Kier alpha value is -1.49. The van der Waals surface area contributed by atoms with Crippen molar-refractivity contribution in [1.82, 2.24) is 0 Å². The summed E-state index contributed by atoms with van der Waals surface area (Å²) in [4.78, 5) is 0. The number of rotatable bonds is 1. The Labute approximate surface area is 78.4 Å². The monoisotopic (exact) mass is 175 g/mol. The Morgan fingerprint density at radius 3 is 2.15 bits per heavy atom. The van der Waals surface area contributed by atoms with E-state index in [0.717, 1.165) is 16.7 Å². The molecular weight excluding hydrogens is 162 g/mol. The molecule has 0 fully saturated rings. The summed E-state index contributed by atoms with van der Waals surface area (Å²) in [7, 11) is 0. The maximum atomic E-state index is 9.50. The third-order valence-electron chi connectivity index (χ3n) is 2.21. The SMILES string of the molecule is Cc1cc(C(C)C#N)cc(C)c1O. The van der Waals surface area contributed by atoms with Crippen molar-refractivity contribution in [2.45, 2.75) is 26.7 Å². The highest BCUT2D eigenvalue weighted by Gasteiger charge is 2.08. The maximum absolute atomic E-state index is 9.50. The maximum Gasteiger partial charge on any atom is 0.121 e. The second-order valence-corrected chi connectivity index (χ2v) is 3.35. The first-order chi connectivity index (χ1) is 6.06. The van der Waals surface area contributed by atoms with E-state index in [1.54, 1.807) is 0 Å². The lowest BCUT2D eigenvalue weighted by Gasteiger charge is -2.08. The third-order valence-corrected chi connectivity index (χ3v) is 2.21. The van der Waals surface area contributed by atoms with E-state index in [-0.39, 0.29) is 5.92 Å². The van der Waals surface area contributed by atoms with E-state index in [1.165, 1.54) is 0 Å². The van der Waals surface area contributed by atoms with Gasteiger partial charge in [0.2, 0.25) is 0 Å². The van der Waals surface area contributed by atoms with Gasteiger partial charge >= 0.3 is 0 Å². The zero-order valence-electron chi connectivity index (χ0n) is 8.13. The molecule has 0 radical (unpaired) electrons. The molecule has 2 heteroatoms. The van der Waals surface area contributed by atoms with Crippen LogP contribution in [0.1, 0.15) is 29.5 Å². The van der Waals surface area contributed by atoms with E-state index >= 15 is 0 Å². The molecule has 0 spiro atoms. The molecule has 1 unspecified atom stereocenters. The molecule has 1 aromatic rings. The second-order valence-electron chi connectivity index (χ2n) is 3.35. The Morgan fingerprint density at radius 2 is 1.77 bits per heavy atom. The van der Waals surface area contributed by atoms with Gasteiger partial charge in [0.15, 0.2) is 0 Å². The standard InChI is InChI=1S/C11H13NO/c1-7-4-10(9(3)6-12)5-8(2)11(7)13/h4-5,9,13H,1-3H3. The van der Waals surface area contributed by atoms with Crippen molar-refractivity contribution >= 4 is 0 Å². The Morgan fingerprint density at radius 1 is 1.31 bits per heavy atom. The number of phenols is 1. The van der Waals surface area contributed by atoms with E-state index in [0.29, 0.717) is 5.75 Å². The highest BCUT2D eigenvalue weighted by Crippen LogP contribution is 2.26. The van der Waals surface area contributed by atoms with Gasteiger partial charge in [-0.2, -0.15) is 5.26 Å². The molecule has 2 nitrogen and oxygen atoms in total. The van der Waals surface area contributed by atoms with Crippen LogP contribution in [0, 0.1) is 25.2 Å². The van der Waals surface area contributed by atoms with Crippen molar-refractivity contribution in [2.75, 3.05) is 0 Å². The van der Waals surface area contributed by atoms with Crippen LogP contribution in [0.25, 0.3) is 0 Å². The zero-order valence-corrected chi connectivity index (χ0v) is 8.13. The van der Waals surface area contributed by atoms with Crippen LogP contribution < -0.4 is 0 Å². The number of hydrogen-bond donors (Lipinski definition) is 1. The van der Waals surface area contributed by atoms with E-state index in [9.17, 15) is 5.11 Å². The van der Waals surface area contributed by atoms with Gasteiger partial charge < -0.3 is 5.11 Å². The molecule has 68 valence electrons. The number of benzene rings is 1. The van der Waals surface area contributed by atoms with E-state index in [2.05, 4.69) is 6.07 Å². The predicted octanol–water partition coefficient (Wildman–Crippen LogP) is 2.64. The molecule has 13 heavy (non-hydrogen) atoms. The number of hydrogen-bond acceptors (Lipinski definition) is 2. The minimum Gasteiger partial charge on any atom is -0.507 e. The Kier molecular flexibility index (Phi) is 2.57. The smallest absolute Gasteiger partial charge is 0.121 e. The number of phenolic OH excluding ortho intramolecular Hbond substituents is 1. The van der Waals surface area contributed by atoms with Crippen molar-refractivity contribution < 1.29 is 5.11 Å². The summed E-state index contributed by atoms with van der Waals surface area (Å²) in [5.74, 6) is 0.215. The summed E-state index contributed by atoms with van der Waals surface area (Å²) in [6.45, 7) is 5.54. The molecule has 0 bridgehead atoms. The molecule has 0 saturated heterocycles. The van der Waals surface area contributed by atoms with E-state index in [1.807, 2.05) is 32.9 Å². The average molecular weight is 175 g/mol. The Balaban J connectivity index is 3.22. The summed E-state index contributed by atoms with van der Waals surface area (Å²) in [6, 6.07) is 5.89. The summed E-state index contributed by atoms with van der Waals surface area (Å²) in [5.41, 5.74) is 2.63. The highest BCUT2D eigenvalue weighted by molar-refractivity contribution is 5.44. The number of nitriles is 1. The summed E-state index contributed by atoms with van der Waals surface area (Å²) in [5, 5.41) is 18.2. The average Bonchev–Trinajstić information content (AvgIpc) is 2.12. The van der Waals surface area contributed by atoms with Crippen molar-refractivity contribution in [3.8, 4) is 11.8 Å². The fourth-order valence-electron chi connectivity index (χ4n) is 1.31. The zero-order chi connectivity index (χ0) is 10.0. The quantitative estimate of drug-likeness (QED) is 0.713. The first kappa shape index (κ1) is 9.60. The predicted molar refractivity (Wildman–Crippen MR) is 51.6 cm³/mol. The van der Waals surface area contributed by atoms with Gasteiger partial charge in [-0.25, -0.2) is 0 Å². The molecule has 0 aliphatic carbocycles. The first-order valence-electron chi connectivity index (χ1n) is 4.26. The molecule has 0 aromatic heterocycles. The number of nitrogens with zero attached hydrogens (tertiary/aromatic N) is 1. The summed E-state index contributed by atoms with van der Waals surface area (Å²) >= 11 is 0. The van der Waals surface area contributed by atoms with Crippen LogP contribution in [0.3, 0.4) is 0 Å². The highest BCUT2D eigenvalue weighted by atomic mass is 16.3. The van der Waals surface area contributed by atoms with Gasteiger partial charge in [0.05, 0.1) is 12.0 Å². The molecule has 1 N–H and O–H groups in total. The minimum atomic E-state index is -0.113. The number of aryl methyl sites for hydroxylation is 2. The number of aromatic hydroxyl groups is 1. The van der Waals surface area contributed by atoms with Gasteiger partial charge in [0, 0.05) is 0 Å². The van der Waals surface area contributed by atoms with Crippen molar-refractivity contribution in [3.05, 3.63) is 28.8 Å². The molecule has 0 aliphatic rings. The van der Waals surface area contributed by atoms with Gasteiger partial charge in [-0.1, -0.05) is 12.1 Å². The molecule has 1 aromatic carbocycles. The van der Waals surface area contributed by atoms with E-state index in [4.69, 9.17) is 5.26 Å². The summed E-state index contributed by atoms with van der Waals surface area (Å²) < 4.78 is 0. The van der Waals surface area contributed by atoms with Crippen LogP contribution in [-0.2, 0) is 0 Å². The molecule has 0 heterocycles. The molecule has 1 atom stereocenters. The van der Waals surface area contributed by atoms with Crippen LogP contribution >= 0.6 is 0 Å². The fraction of sp³-hybridized carbons (Fsp3) is 0.364. The third kappa shape index (κ3) is 1.81. The van der Waals surface area contributed by atoms with Crippen molar-refractivity contribution in [2.24, 2.45) is 0 Å². The second kappa shape index (κ2) is 3.49. The lowest BCUT2D eigenvalue weighted by Crippen LogP contribution is -1.92. The van der Waals surface area contributed by atoms with Crippen LogP contribution in [-0.4, -0.2) is 5.11 Å². The minimum absolute atomic E-state index is 0.113. The largest absolute Gasteiger partial charge is 0.507 e. The molecule has 0 aliphatic heterocycles. The molecule has 0 amide bonds. The van der Waals surface area contributed by atoms with Crippen LogP contribution in [0.15, 0.2) is 12.1 Å². The Bertz CT molecular complexity index is 340. The molecule has 1 rings (SSSR count). The lowest BCUT2D eigenvalue weighted by molar-refractivity contribution is 0.466. The molecular formula is C11H13NO. The summed E-state index contributed by atoms with van der Waals surface area (Å²) in [6.07, 6.45) is 0.